The number of carbonyl (C=O) groups excluding carboxylic acids is 1. The smallest absolute Gasteiger partial charge is 0.427 e. The van der Waals surface area contributed by atoms with Crippen LogP contribution in [0.2, 0.25) is 5.02 Å². The van der Waals surface area contributed by atoms with E-state index in [1.54, 1.807) is 48.9 Å². The molecule has 0 fully saturated rings. The lowest BCUT2D eigenvalue weighted by molar-refractivity contribution is 0.0846. The number of hydrogen-bond acceptors (Lipinski definition) is 4. The van der Waals surface area contributed by atoms with E-state index in [9.17, 15) is 9.82 Å². The Balaban J connectivity index is 1.67. The number of fused-ring (bicyclic) bond motifs is 1. The van der Waals surface area contributed by atoms with Gasteiger partial charge in [-0.05, 0) is 40.9 Å². The number of hydrazone groups is 1. The van der Waals surface area contributed by atoms with E-state index in [0.717, 1.165) is 21.6 Å². The molecule has 0 atom stereocenters. The second kappa shape index (κ2) is 6.75. The first-order valence-corrected chi connectivity index (χ1v) is 8.37. The van der Waals surface area contributed by atoms with Crippen molar-refractivity contribution >= 4 is 36.2 Å². The maximum absolute atomic E-state index is 12.7. The fourth-order valence-corrected chi connectivity index (χ4v) is 3.09. The molecule has 7 heteroatoms. The molecule has 0 aliphatic carbocycles. The summed E-state index contributed by atoms with van der Waals surface area (Å²) in [5.74, 6) is -0.457. The lowest BCUT2D eigenvalue weighted by Crippen LogP contribution is -2.52. The SMILES string of the molecule is O=C(c1ccccc1Cl)N1N=Cc2cc(-c3cccnc3)ccc2B1O. The van der Waals surface area contributed by atoms with Crippen LogP contribution in [0.5, 0.6) is 0 Å². The molecule has 4 rings (SSSR count). The fraction of sp³-hybridized carbons (Fsp3) is 0. The maximum atomic E-state index is 12.7. The number of pyridine rings is 1. The van der Waals surface area contributed by atoms with Crippen LogP contribution in [0.25, 0.3) is 11.1 Å². The van der Waals surface area contributed by atoms with Crippen LogP contribution in [-0.2, 0) is 0 Å². The minimum Gasteiger partial charge on any atom is -0.427 e. The summed E-state index contributed by atoms with van der Waals surface area (Å²) in [5, 5.41) is 15.1. The molecule has 0 bridgehead atoms. The van der Waals surface area contributed by atoms with E-state index in [1.807, 2.05) is 24.3 Å². The third-order valence-electron chi connectivity index (χ3n) is 4.23. The number of hydrogen-bond donors (Lipinski definition) is 1. The third kappa shape index (κ3) is 2.89. The van der Waals surface area contributed by atoms with Crippen LogP contribution in [0, 0.1) is 0 Å². The van der Waals surface area contributed by atoms with E-state index in [0.29, 0.717) is 16.0 Å². The second-order valence-electron chi connectivity index (χ2n) is 5.83. The highest BCUT2D eigenvalue weighted by Gasteiger charge is 2.34. The van der Waals surface area contributed by atoms with Crippen molar-refractivity contribution in [2.75, 3.05) is 0 Å². The first-order chi connectivity index (χ1) is 12.6. The number of nitrogens with zero attached hydrogens (tertiary/aromatic N) is 3. The number of rotatable bonds is 2. The first kappa shape index (κ1) is 16.5. The molecular formula is C19H13BClN3O2. The maximum Gasteiger partial charge on any atom is 0.474 e. The van der Waals surface area contributed by atoms with E-state index < -0.39 is 13.0 Å². The average molecular weight is 362 g/mol. The molecular weight excluding hydrogens is 348 g/mol. The van der Waals surface area contributed by atoms with Crippen LogP contribution in [0.1, 0.15) is 15.9 Å². The largest absolute Gasteiger partial charge is 0.474 e. The Bertz CT molecular complexity index is 1010. The molecule has 0 radical (unpaired) electrons. The van der Waals surface area contributed by atoms with Crippen molar-refractivity contribution in [2.45, 2.75) is 0 Å². The summed E-state index contributed by atoms with van der Waals surface area (Å²) in [6.07, 6.45) is 5.05. The normalized spacial score (nSPS) is 12.8. The zero-order valence-corrected chi connectivity index (χ0v) is 14.3. The summed E-state index contributed by atoms with van der Waals surface area (Å²) in [4.78, 5) is 17.8. The van der Waals surface area contributed by atoms with E-state index in [1.165, 1.54) is 0 Å². The second-order valence-corrected chi connectivity index (χ2v) is 6.24. The highest BCUT2D eigenvalue weighted by atomic mass is 35.5. The van der Waals surface area contributed by atoms with Crippen molar-refractivity contribution in [3.8, 4) is 11.1 Å². The molecule has 1 aliphatic heterocycles. The number of halogens is 1. The zero-order chi connectivity index (χ0) is 18.1. The lowest BCUT2D eigenvalue weighted by atomic mass is 9.69. The van der Waals surface area contributed by atoms with Gasteiger partial charge in [-0.3, -0.25) is 9.78 Å². The number of amides is 1. The molecule has 1 aromatic heterocycles. The van der Waals surface area contributed by atoms with Crippen LogP contribution < -0.4 is 5.46 Å². The Hall–Kier alpha value is -2.96. The third-order valence-corrected chi connectivity index (χ3v) is 4.55. The highest BCUT2D eigenvalue weighted by molar-refractivity contribution is 6.68. The van der Waals surface area contributed by atoms with Crippen LogP contribution in [0.3, 0.4) is 0 Å². The van der Waals surface area contributed by atoms with Crippen molar-refractivity contribution < 1.29 is 9.82 Å². The minimum atomic E-state index is -1.18. The van der Waals surface area contributed by atoms with Crippen LogP contribution in [-0.4, -0.2) is 34.1 Å². The molecule has 1 aliphatic rings. The van der Waals surface area contributed by atoms with Crippen molar-refractivity contribution in [3.05, 3.63) is 83.1 Å². The molecule has 3 aromatic rings. The quantitative estimate of drug-likeness (QED) is 0.714. The van der Waals surface area contributed by atoms with Gasteiger partial charge in [0.15, 0.2) is 0 Å². The van der Waals surface area contributed by atoms with Crippen LogP contribution >= 0.6 is 11.6 Å². The lowest BCUT2D eigenvalue weighted by Gasteiger charge is -2.25. The van der Waals surface area contributed by atoms with Gasteiger partial charge in [-0.1, -0.05) is 41.9 Å². The zero-order valence-electron chi connectivity index (χ0n) is 13.6. The molecule has 5 nitrogen and oxygen atoms in total. The molecule has 1 N–H and O–H groups in total. The van der Waals surface area contributed by atoms with Gasteiger partial charge in [-0.2, -0.15) is 5.10 Å². The molecule has 1 amide bonds. The first-order valence-electron chi connectivity index (χ1n) is 7.99. The Kier molecular flexibility index (Phi) is 4.28. The molecule has 0 unspecified atom stereocenters. The summed E-state index contributed by atoms with van der Waals surface area (Å²) < 4.78 is 0. The number of benzene rings is 2. The summed E-state index contributed by atoms with van der Waals surface area (Å²) in [6.45, 7) is 0. The Labute approximate surface area is 155 Å². The Morgan fingerprint density at radius 3 is 2.69 bits per heavy atom. The fourth-order valence-electron chi connectivity index (χ4n) is 2.88. The van der Waals surface area contributed by atoms with Gasteiger partial charge in [-0.25, -0.2) is 4.92 Å². The van der Waals surface area contributed by atoms with Gasteiger partial charge in [0.2, 0.25) is 0 Å². The van der Waals surface area contributed by atoms with Crippen LogP contribution in [0.15, 0.2) is 72.1 Å². The molecule has 0 saturated heterocycles. The Morgan fingerprint density at radius 1 is 1.08 bits per heavy atom. The molecule has 26 heavy (non-hydrogen) atoms. The van der Waals surface area contributed by atoms with Crippen molar-refractivity contribution in [1.29, 1.82) is 0 Å². The van der Waals surface area contributed by atoms with Crippen molar-refractivity contribution in [3.63, 3.8) is 0 Å². The predicted molar refractivity (Wildman–Crippen MR) is 102 cm³/mol. The van der Waals surface area contributed by atoms with E-state index in [2.05, 4.69) is 10.1 Å². The van der Waals surface area contributed by atoms with Gasteiger partial charge < -0.3 is 5.02 Å². The molecule has 0 spiro atoms. The standard InChI is InChI=1S/C19H13BClN3O2/c21-18-6-2-1-5-16(18)19(25)24-20(26)17-8-7-13(10-15(17)12-23-24)14-4-3-9-22-11-14/h1-12,26H. The summed E-state index contributed by atoms with van der Waals surface area (Å²) in [5.41, 5.74) is 3.57. The highest BCUT2D eigenvalue weighted by Crippen LogP contribution is 2.22. The minimum absolute atomic E-state index is 0.292. The monoisotopic (exact) mass is 361 g/mol. The van der Waals surface area contributed by atoms with Gasteiger partial charge in [-0.15, -0.1) is 0 Å². The van der Waals surface area contributed by atoms with Gasteiger partial charge in [0.05, 0.1) is 16.8 Å². The van der Waals surface area contributed by atoms with Gasteiger partial charge in [0.1, 0.15) is 0 Å². The van der Waals surface area contributed by atoms with Gasteiger partial charge >= 0.3 is 7.05 Å². The van der Waals surface area contributed by atoms with Gasteiger partial charge in [0, 0.05) is 18.0 Å². The molecule has 0 saturated carbocycles. The van der Waals surface area contributed by atoms with E-state index >= 15 is 0 Å². The molecule has 126 valence electrons. The average Bonchev–Trinajstić information content (AvgIpc) is 2.68. The van der Waals surface area contributed by atoms with Crippen molar-refractivity contribution in [2.24, 2.45) is 5.10 Å². The Morgan fingerprint density at radius 2 is 1.92 bits per heavy atom. The number of carbonyl (C=O) groups is 1. The summed E-state index contributed by atoms with van der Waals surface area (Å²) in [7, 11) is -1.18. The number of aromatic nitrogens is 1. The van der Waals surface area contributed by atoms with Crippen LogP contribution in [0.4, 0.5) is 0 Å². The van der Waals surface area contributed by atoms with E-state index in [-0.39, 0.29) is 0 Å². The van der Waals surface area contributed by atoms with Crippen molar-refractivity contribution in [1.82, 2.24) is 9.90 Å². The van der Waals surface area contributed by atoms with E-state index in [4.69, 9.17) is 11.6 Å². The molecule has 2 aromatic carbocycles. The molecule has 2 heterocycles. The summed E-state index contributed by atoms with van der Waals surface area (Å²) >= 11 is 6.09. The topological polar surface area (TPSA) is 65.8 Å². The summed E-state index contributed by atoms with van der Waals surface area (Å²) in [6, 6.07) is 16.1. The predicted octanol–water partition coefficient (Wildman–Crippen LogP) is 2.58. The van der Waals surface area contributed by atoms with Gasteiger partial charge in [0.25, 0.3) is 5.91 Å².